The number of fused-ring (bicyclic) bond motifs is 1. The summed E-state index contributed by atoms with van der Waals surface area (Å²) < 4.78 is 0. The Hall–Kier alpha value is -2.24. The lowest BCUT2D eigenvalue weighted by Crippen LogP contribution is -2.60. The summed E-state index contributed by atoms with van der Waals surface area (Å²) in [6.07, 6.45) is 4.40. The van der Waals surface area contributed by atoms with E-state index in [1.54, 1.807) is 0 Å². The predicted molar refractivity (Wildman–Crippen MR) is 113 cm³/mol. The molecule has 0 aliphatic carbocycles. The van der Waals surface area contributed by atoms with Crippen LogP contribution in [-0.4, -0.2) is 70.9 Å². The number of hydrogen-bond donors (Lipinski definition) is 0. The zero-order chi connectivity index (χ0) is 19.6. The largest absolute Gasteiger partial charge is 0.339 e. The fourth-order valence-corrected chi connectivity index (χ4v) is 4.68. The molecule has 1 atom stereocenters. The molecule has 3 heterocycles. The molecule has 1 aromatic carbocycles. The van der Waals surface area contributed by atoms with E-state index in [0.717, 1.165) is 56.8 Å². The molecule has 4 rings (SSSR count). The lowest BCUT2D eigenvalue weighted by molar-refractivity contribution is -0.130. The molecule has 5 nitrogen and oxygen atoms in total. The Morgan fingerprint density at radius 1 is 1.14 bits per heavy atom. The Labute approximate surface area is 167 Å². The molecule has 2 aliphatic heterocycles. The second-order valence-electron chi connectivity index (χ2n) is 8.23. The predicted octanol–water partition coefficient (Wildman–Crippen LogP) is 2.92. The number of likely N-dealkylation sites (tertiary alicyclic amines) is 1. The number of carbonyl (C=O) groups excluding carboxylic acids is 1. The van der Waals surface area contributed by atoms with Crippen LogP contribution in [0.25, 0.3) is 10.9 Å². The van der Waals surface area contributed by atoms with Crippen LogP contribution in [0.1, 0.15) is 25.0 Å². The van der Waals surface area contributed by atoms with E-state index < -0.39 is 0 Å². The Bertz CT molecular complexity index is 867. The molecular weight excluding hydrogens is 348 g/mol. The van der Waals surface area contributed by atoms with Gasteiger partial charge in [0.2, 0.25) is 5.91 Å². The zero-order valence-electron chi connectivity index (χ0n) is 16.8. The molecule has 1 aromatic heterocycles. The van der Waals surface area contributed by atoms with E-state index in [1.165, 1.54) is 5.39 Å². The van der Waals surface area contributed by atoms with Gasteiger partial charge in [-0.3, -0.25) is 19.6 Å². The number of pyridine rings is 1. The third-order valence-electron chi connectivity index (χ3n) is 6.47. The minimum Gasteiger partial charge on any atom is -0.339 e. The number of rotatable bonds is 4. The standard InChI is InChI=1S/C23H30N4O/c1-3-13-27-14-12-23(11-10-22(27)28)18-26(16-15-25(23)2)17-20-9-8-19-6-4-5-7-21(19)24-20/h3-9H,1,10-18H2,2H3/t23-/m0/s1. The molecule has 0 bridgehead atoms. The Balaban J connectivity index is 1.49. The fraction of sp³-hybridized carbons (Fsp3) is 0.478. The molecule has 0 N–H and O–H groups in total. The maximum atomic E-state index is 12.5. The first-order valence-corrected chi connectivity index (χ1v) is 10.3. The van der Waals surface area contributed by atoms with E-state index >= 15 is 0 Å². The number of carbonyl (C=O) groups is 1. The summed E-state index contributed by atoms with van der Waals surface area (Å²) in [4.78, 5) is 24.3. The topological polar surface area (TPSA) is 39.7 Å². The van der Waals surface area contributed by atoms with Gasteiger partial charge in [0.1, 0.15) is 0 Å². The lowest BCUT2D eigenvalue weighted by atomic mass is 9.86. The summed E-state index contributed by atoms with van der Waals surface area (Å²) in [6.45, 7) is 9.20. The van der Waals surface area contributed by atoms with Gasteiger partial charge in [0.05, 0.1) is 11.2 Å². The quantitative estimate of drug-likeness (QED) is 0.767. The maximum Gasteiger partial charge on any atom is 0.222 e. The highest BCUT2D eigenvalue weighted by Gasteiger charge is 2.42. The van der Waals surface area contributed by atoms with Gasteiger partial charge in [0, 0.05) is 56.6 Å². The Kier molecular flexibility index (Phi) is 5.47. The van der Waals surface area contributed by atoms with Gasteiger partial charge in [-0.1, -0.05) is 30.3 Å². The summed E-state index contributed by atoms with van der Waals surface area (Å²) in [7, 11) is 2.22. The summed E-state index contributed by atoms with van der Waals surface area (Å²) >= 11 is 0. The van der Waals surface area contributed by atoms with Gasteiger partial charge in [0.15, 0.2) is 0 Å². The van der Waals surface area contributed by atoms with E-state index in [9.17, 15) is 4.79 Å². The minimum absolute atomic E-state index is 0.0701. The van der Waals surface area contributed by atoms with Crippen LogP contribution in [0, 0.1) is 0 Å². The summed E-state index contributed by atoms with van der Waals surface area (Å²) in [5.74, 6) is 0.262. The number of benzene rings is 1. The first kappa shape index (κ1) is 19.1. The average Bonchev–Trinajstić information content (AvgIpc) is 2.86. The number of aromatic nitrogens is 1. The summed E-state index contributed by atoms with van der Waals surface area (Å²) in [5, 5.41) is 1.19. The van der Waals surface area contributed by atoms with E-state index in [0.29, 0.717) is 13.0 Å². The van der Waals surface area contributed by atoms with E-state index in [-0.39, 0.29) is 11.4 Å². The Morgan fingerprint density at radius 3 is 2.86 bits per heavy atom. The normalized spacial score (nSPS) is 24.6. The van der Waals surface area contributed by atoms with Crippen LogP contribution in [0.4, 0.5) is 0 Å². The third kappa shape index (κ3) is 3.82. The fourth-order valence-electron chi connectivity index (χ4n) is 4.68. The average molecular weight is 379 g/mol. The minimum atomic E-state index is 0.0701. The van der Waals surface area contributed by atoms with Gasteiger partial charge >= 0.3 is 0 Å². The molecule has 0 radical (unpaired) electrons. The van der Waals surface area contributed by atoms with Crippen LogP contribution < -0.4 is 0 Å². The molecule has 1 spiro atoms. The number of amides is 1. The monoisotopic (exact) mass is 378 g/mol. The van der Waals surface area contributed by atoms with E-state index in [1.807, 2.05) is 17.0 Å². The van der Waals surface area contributed by atoms with Gasteiger partial charge in [-0.05, 0) is 32.0 Å². The van der Waals surface area contributed by atoms with Gasteiger partial charge in [-0.25, -0.2) is 0 Å². The molecule has 1 amide bonds. The highest BCUT2D eigenvalue weighted by molar-refractivity contribution is 5.78. The van der Waals surface area contributed by atoms with Gasteiger partial charge in [0.25, 0.3) is 0 Å². The van der Waals surface area contributed by atoms with Crippen LogP contribution in [0.5, 0.6) is 0 Å². The van der Waals surface area contributed by atoms with Crippen molar-refractivity contribution < 1.29 is 4.79 Å². The maximum absolute atomic E-state index is 12.5. The third-order valence-corrected chi connectivity index (χ3v) is 6.47. The van der Waals surface area contributed by atoms with E-state index in [4.69, 9.17) is 4.98 Å². The van der Waals surface area contributed by atoms with Crippen molar-refractivity contribution in [3.05, 3.63) is 54.7 Å². The molecular formula is C23H30N4O. The highest BCUT2D eigenvalue weighted by Crippen LogP contribution is 2.32. The van der Waals surface area contributed by atoms with Crippen LogP contribution in [0.15, 0.2) is 49.1 Å². The molecule has 2 fully saturated rings. The second kappa shape index (κ2) is 8.02. The van der Waals surface area contributed by atoms with Crippen molar-refractivity contribution in [1.29, 1.82) is 0 Å². The molecule has 0 saturated carbocycles. The van der Waals surface area contributed by atoms with Crippen molar-refractivity contribution in [1.82, 2.24) is 19.7 Å². The highest BCUT2D eigenvalue weighted by atomic mass is 16.2. The molecule has 2 aliphatic rings. The van der Waals surface area contributed by atoms with Crippen LogP contribution in [-0.2, 0) is 11.3 Å². The Morgan fingerprint density at radius 2 is 2.00 bits per heavy atom. The van der Waals surface area contributed by atoms with Crippen molar-refractivity contribution in [3.63, 3.8) is 0 Å². The first-order chi connectivity index (χ1) is 13.6. The SMILES string of the molecule is C=CCN1CC[C@@]2(CCC1=O)CN(Cc1ccc3ccccc3n1)CCN2C. The molecule has 28 heavy (non-hydrogen) atoms. The summed E-state index contributed by atoms with van der Waals surface area (Å²) in [6, 6.07) is 12.6. The van der Waals surface area contributed by atoms with Gasteiger partial charge in [-0.2, -0.15) is 0 Å². The van der Waals surface area contributed by atoms with Crippen molar-refractivity contribution in [2.24, 2.45) is 0 Å². The lowest BCUT2D eigenvalue weighted by Gasteiger charge is -2.49. The van der Waals surface area contributed by atoms with Crippen molar-refractivity contribution in [3.8, 4) is 0 Å². The smallest absolute Gasteiger partial charge is 0.222 e. The van der Waals surface area contributed by atoms with Crippen LogP contribution in [0.2, 0.25) is 0 Å². The van der Waals surface area contributed by atoms with Crippen LogP contribution >= 0.6 is 0 Å². The second-order valence-corrected chi connectivity index (χ2v) is 8.23. The van der Waals surface area contributed by atoms with Crippen LogP contribution in [0.3, 0.4) is 0 Å². The molecule has 2 aromatic rings. The number of piperazine rings is 1. The van der Waals surface area contributed by atoms with Crippen molar-refractivity contribution in [2.45, 2.75) is 31.3 Å². The van der Waals surface area contributed by atoms with Gasteiger partial charge in [-0.15, -0.1) is 6.58 Å². The molecule has 5 heteroatoms. The van der Waals surface area contributed by atoms with Crippen molar-refractivity contribution >= 4 is 16.8 Å². The molecule has 0 unspecified atom stereocenters. The van der Waals surface area contributed by atoms with Crippen molar-refractivity contribution in [2.75, 3.05) is 39.8 Å². The number of para-hydroxylation sites is 1. The number of nitrogens with zero attached hydrogens (tertiary/aromatic N) is 4. The summed E-state index contributed by atoms with van der Waals surface area (Å²) in [5.41, 5.74) is 2.25. The van der Waals surface area contributed by atoms with E-state index in [2.05, 4.69) is 53.8 Å². The number of likely N-dealkylation sites (N-methyl/N-ethyl adjacent to an activating group) is 1. The first-order valence-electron chi connectivity index (χ1n) is 10.3. The molecule has 148 valence electrons. The number of hydrogen-bond acceptors (Lipinski definition) is 4. The molecule has 2 saturated heterocycles. The zero-order valence-corrected chi connectivity index (χ0v) is 16.8. The van der Waals surface area contributed by atoms with Gasteiger partial charge < -0.3 is 4.90 Å².